The summed E-state index contributed by atoms with van der Waals surface area (Å²) >= 11 is 0. The van der Waals surface area contributed by atoms with Crippen molar-refractivity contribution in [2.45, 2.75) is 19.0 Å². The number of carboxylic acids is 1. The van der Waals surface area contributed by atoms with Crippen molar-refractivity contribution >= 4 is 23.7 Å². The summed E-state index contributed by atoms with van der Waals surface area (Å²) < 4.78 is 0. The fourth-order valence-electron chi connectivity index (χ4n) is 1.09. The summed E-state index contributed by atoms with van der Waals surface area (Å²) in [5, 5.41) is 15.0. The lowest BCUT2D eigenvalue weighted by molar-refractivity contribution is -0.144. The summed E-state index contributed by atoms with van der Waals surface area (Å²) in [6.45, 7) is 1.07. The van der Waals surface area contributed by atoms with Crippen LogP contribution in [0.5, 0.6) is 0 Å². The number of aliphatic carboxylic acids is 1. The molecular weight excluding hydrogens is 218 g/mol. The van der Waals surface area contributed by atoms with Crippen molar-refractivity contribution in [3.05, 3.63) is 0 Å². The van der Waals surface area contributed by atoms with Crippen molar-refractivity contribution in [3.8, 4) is 0 Å². The minimum absolute atomic E-state index is 0.183. The van der Waals surface area contributed by atoms with Crippen LogP contribution in [0, 0.1) is 0 Å². The molecule has 88 valence electrons. The molecule has 0 aliphatic carbocycles. The molecule has 1 fully saturated rings. The molecule has 2 unspecified atom stereocenters. The molecule has 0 bridgehead atoms. The molecule has 4 N–H and O–H groups in total. The van der Waals surface area contributed by atoms with E-state index in [1.54, 1.807) is 0 Å². The van der Waals surface area contributed by atoms with Crippen LogP contribution >= 0.6 is 0 Å². The van der Waals surface area contributed by atoms with E-state index in [0.29, 0.717) is 0 Å². The van der Waals surface area contributed by atoms with E-state index in [0.717, 1.165) is 0 Å². The molecule has 1 aliphatic heterocycles. The quantitative estimate of drug-likeness (QED) is 0.389. The molecule has 8 heteroatoms. The van der Waals surface area contributed by atoms with Crippen molar-refractivity contribution in [2.24, 2.45) is 0 Å². The van der Waals surface area contributed by atoms with Crippen molar-refractivity contribution in [3.63, 3.8) is 0 Å². The molecular formula is C8H11N3O5. The van der Waals surface area contributed by atoms with Gasteiger partial charge < -0.3 is 21.1 Å². The second-order valence-electron chi connectivity index (χ2n) is 3.29. The molecule has 1 rings (SSSR count). The Bertz CT molecular complexity index is 354. The monoisotopic (exact) mass is 229 g/mol. The van der Waals surface area contributed by atoms with Gasteiger partial charge >= 0.3 is 5.97 Å². The average molecular weight is 229 g/mol. The summed E-state index contributed by atoms with van der Waals surface area (Å²) in [7, 11) is 0. The highest BCUT2D eigenvalue weighted by molar-refractivity contribution is 6.10. The molecule has 1 saturated heterocycles. The SMILES string of the molecule is CC(NC(=O)C1NC(=O)CNC1=O)C(=O)O. The zero-order valence-corrected chi connectivity index (χ0v) is 8.44. The Labute approximate surface area is 90.4 Å². The summed E-state index contributed by atoms with van der Waals surface area (Å²) in [6.07, 6.45) is 0. The van der Waals surface area contributed by atoms with Crippen molar-refractivity contribution in [1.82, 2.24) is 16.0 Å². The molecule has 1 aliphatic rings. The van der Waals surface area contributed by atoms with Crippen molar-refractivity contribution in [2.75, 3.05) is 6.54 Å². The lowest BCUT2D eigenvalue weighted by Gasteiger charge is -2.23. The van der Waals surface area contributed by atoms with Crippen LogP contribution in [0.15, 0.2) is 0 Å². The standard InChI is InChI=1S/C8H11N3O5/c1-3(8(15)16)10-7(14)5-6(13)9-2-4(12)11-5/h3,5H,2H2,1H3,(H,9,13)(H,10,14)(H,11,12)(H,15,16). The zero-order chi connectivity index (χ0) is 12.3. The highest BCUT2D eigenvalue weighted by Crippen LogP contribution is 1.93. The first-order chi connectivity index (χ1) is 7.41. The predicted octanol–water partition coefficient (Wildman–Crippen LogP) is -2.81. The summed E-state index contributed by atoms with van der Waals surface area (Å²) in [5.41, 5.74) is 0. The predicted molar refractivity (Wildman–Crippen MR) is 50.2 cm³/mol. The average Bonchev–Trinajstić information content (AvgIpc) is 2.21. The molecule has 0 aromatic carbocycles. The normalized spacial score (nSPS) is 21.7. The third-order valence-electron chi connectivity index (χ3n) is 1.98. The molecule has 0 aromatic heterocycles. The Hall–Kier alpha value is -2.12. The highest BCUT2D eigenvalue weighted by atomic mass is 16.4. The number of carbonyl (C=O) groups is 4. The lowest BCUT2D eigenvalue weighted by atomic mass is 10.2. The van der Waals surface area contributed by atoms with Gasteiger partial charge in [-0.25, -0.2) is 0 Å². The van der Waals surface area contributed by atoms with E-state index in [-0.39, 0.29) is 6.54 Å². The van der Waals surface area contributed by atoms with Gasteiger partial charge in [0.25, 0.3) is 11.8 Å². The number of carbonyl (C=O) groups excluding carboxylic acids is 3. The number of nitrogens with one attached hydrogen (secondary N) is 3. The van der Waals surface area contributed by atoms with E-state index in [1.165, 1.54) is 6.92 Å². The van der Waals surface area contributed by atoms with Gasteiger partial charge in [-0.05, 0) is 6.92 Å². The van der Waals surface area contributed by atoms with E-state index >= 15 is 0 Å². The van der Waals surface area contributed by atoms with Gasteiger partial charge in [0.2, 0.25) is 5.91 Å². The Morgan fingerprint density at radius 2 is 2.12 bits per heavy atom. The summed E-state index contributed by atoms with van der Waals surface area (Å²) in [4.78, 5) is 44.0. The lowest BCUT2D eigenvalue weighted by Crippen LogP contribution is -2.62. The Morgan fingerprint density at radius 1 is 1.50 bits per heavy atom. The van der Waals surface area contributed by atoms with Gasteiger partial charge in [-0.1, -0.05) is 0 Å². The van der Waals surface area contributed by atoms with E-state index < -0.39 is 35.8 Å². The maximum absolute atomic E-state index is 11.4. The van der Waals surface area contributed by atoms with Crippen LogP contribution < -0.4 is 16.0 Å². The summed E-state index contributed by atoms with van der Waals surface area (Å²) in [6, 6.07) is -2.50. The number of amides is 3. The Morgan fingerprint density at radius 3 is 2.69 bits per heavy atom. The van der Waals surface area contributed by atoms with Gasteiger partial charge in [0.15, 0.2) is 6.04 Å². The molecule has 0 radical (unpaired) electrons. The second kappa shape index (κ2) is 4.60. The Balaban J connectivity index is 2.62. The van der Waals surface area contributed by atoms with E-state index in [4.69, 9.17) is 5.11 Å². The molecule has 3 amide bonds. The van der Waals surface area contributed by atoms with Crippen molar-refractivity contribution in [1.29, 1.82) is 0 Å². The van der Waals surface area contributed by atoms with Crippen LogP contribution in [0.25, 0.3) is 0 Å². The van der Waals surface area contributed by atoms with E-state index in [1.807, 2.05) is 0 Å². The first kappa shape index (κ1) is 12.0. The van der Waals surface area contributed by atoms with Crippen molar-refractivity contribution < 1.29 is 24.3 Å². The van der Waals surface area contributed by atoms with E-state index in [2.05, 4.69) is 16.0 Å². The van der Waals surface area contributed by atoms with Crippen LogP contribution in [0.4, 0.5) is 0 Å². The van der Waals surface area contributed by atoms with Gasteiger partial charge in [-0.3, -0.25) is 19.2 Å². The number of piperazine rings is 1. The number of hydrogen-bond acceptors (Lipinski definition) is 4. The zero-order valence-electron chi connectivity index (χ0n) is 8.44. The van der Waals surface area contributed by atoms with Crippen LogP contribution in [0.2, 0.25) is 0 Å². The maximum atomic E-state index is 11.4. The minimum Gasteiger partial charge on any atom is -0.480 e. The van der Waals surface area contributed by atoms with Gasteiger partial charge in [0, 0.05) is 0 Å². The molecule has 16 heavy (non-hydrogen) atoms. The van der Waals surface area contributed by atoms with E-state index in [9.17, 15) is 19.2 Å². The summed E-state index contributed by atoms with van der Waals surface area (Å²) in [5.74, 6) is -3.23. The third-order valence-corrected chi connectivity index (χ3v) is 1.98. The number of carboxylic acid groups (broad SMARTS) is 1. The van der Waals surface area contributed by atoms with Crippen LogP contribution in [-0.4, -0.2) is 47.4 Å². The molecule has 0 spiro atoms. The van der Waals surface area contributed by atoms with Crippen LogP contribution in [0.1, 0.15) is 6.92 Å². The first-order valence-corrected chi connectivity index (χ1v) is 4.52. The molecule has 0 aromatic rings. The Kier molecular flexibility index (Phi) is 3.44. The third kappa shape index (κ3) is 2.69. The molecule has 8 nitrogen and oxygen atoms in total. The van der Waals surface area contributed by atoms with Gasteiger partial charge in [-0.2, -0.15) is 0 Å². The maximum Gasteiger partial charge on any atom is 0.325 e. The van der Waals surface area contributed by atoms with Gasteiger partial charge in [0.1, 0.15) is 6.04 Å². The van der Waals surface area contributed by atoms with Crippen LogP contribution in [-0.2, 0) is 19.2 Å². The molecule has 0 saturated carbocycles. The van der Waals surface area contributed by atoms with Gasteiger partial charge in [0.05, 0.1) is 6.54 Å². The largest absolute Gasteiger partial charge is 0.480 e. The highest BCUT2D eigenvalue weighted by Gasteiger charge is 2.33. The fraction of sp³-hybridized carbons (Fsp3) is 0.500. The second-order valence-corrected chi connectivity index (χ2v) is 3.29. The fourth-order valence-corrected chi connectivity index (χ4v) is 1.09. The molecule has 2 atom stereocenters. The van der Waals surface area contributed by atoms with Crippen LogP contribution in [0.3, 0.4) is 0 Å². The molecule has 1 heterocycles. The van der Waals surface area contributed by atoms with Gasteiger partial charge in [-0.15, -0.1) is 0 Å². The topological polar surface area (TPSA) is 125 Å². The number of rotatable bonds is 3. The minimum atomic E-state index is -1.37. The first-order valence-electron chi connectivity index (χ1n) is 4.52. The smallest absolute Gasteiger partial charge is 0.325 e. The number of hydrogen-bond donors (Lipinski definition) is 4.